The standard InChI is InChI=1S/C23H33N3O2/c1-16-13-20(18(3)26(16)17(2)19-11-9-8-10-12-19)21(27)14-25(7)15-22(28)24-23(4,5)6/h8-13,17H,14-15H2,1-7H3,(H,24,28)/p+1/t17-/m0/s1. The average Bonchev–Trinajstić information content (AvgIpc) is 2.87. The first-order valence-corrected chi connectivity index (χ1v) is 9.88. The molecule has 0 saturated heterocycles. The van der Waals surface area contributed by atoms with E-state index in [4.69, 9.17) is 0 Å². The lowest BCUT2D eigenvalue weighted by Crippen LogP contribution is -3.11. The normalized spacial score (nSPS) is 13.8. The molecule has 0 radical (unpaired) electrons. The number of rotatable bonds is 7. The topological polar surface area (TPSA) is 55.5 Å². The highest BCUT2D eigenvalue weighted by Crippen LogP contribution is 2.25. The number of carbonyl (C=O) groups excluding carboxylic acids is 2. The summed E-state index contributed by atoms with van der Waals surface area (Å²) < 4.78 is 2.21. The fourth-order valence-electron chi connectivity index (χ4n) is 3.70. The Hall–Kier alpha value is -2.40. The number of amides is 1. The zero-order valence-electron chi connectivity index (χ0n) is 18.2. The molecule has 1 aromatic heterocycles. The minimum atomic E-state index is -0.264. The molecule has 1 heterocycles. The van der Waals surface area contributed by atoms with Gasteiger partial charge in [-0.25, -0.2) is 0 Å². The van der Waals surface area contributed by atoms with Crippen LogP contribution in [-0.4, -0.2) is 41.9 Å². The van der Waals surface area contributed by atoms with Crippen LogP contribution in [0.5, 0.6) is 0 Å². The van der Waals surface area contributed by atoms with Crippen molar-refractivity contribution in [3.8, 4) is 0 Å². The SMILES string of the molecule is Cc1cc(C(=O)C[NH+](C)CC(=O)NC(C)(C)C)c(C)n1[C@@H](C)c1ccccc1. The van der Waals surface area contributed by atoms with Crippen molar-refractivity contribution in [1.29, 1.82) is 0 Å². The third-order valence-corrected chi connectivity index (χ3v) is 4.89. The first-order chi connectivity index (χ1) is 13.0. The number of nitrogens with zero attached hydrogens (tertiary/aromatic N) is 1. The molecule has 2 atom stereocenters. The summed E-state index contributed by atoms with van der Waals surface area (Å²) >= 11 is 0. The lowest BCUT2D eigenvalue weighted by Gasteiger charge is -2.21. The van der Waals surface area contributed by atoms with E-state index in [2.05, 4.69) is 28.9 Å². The highest BCUT2D eigenvalue weighted by molar-refractivity contribution is 5.98. The van der Waals surface area contributed by atoms with E-state index < -0.39 is 0 Å². The van der Waals surface area contributed by atoms with Gasteiger partial charge in [0.25, 0.3) is 5.91 Å². The first-order valence-electron chi connectivity index (χ1n) is 9.88. The van der Waals surface area contributed by atoms with Crippen molar-refractivity contribution in [1.82, 2.24) is 9.88 Å². The molecule has 28 heavy (non-hydrogen) atoms. The Balaban J connectivity index is 2.11. The maximum Gasteiger partial charge on any atom is 0.275 e. The van der Waals surface area contributed by atoms with Crippen LogP contribution in [0.3, 0.4) is 0 Å². The second-order valence-electron chi connectivity index (χ2n) is 8.77. The minimum absolute atomic E-state index is 0.0408. The molecule has 1 amide bonds. The van der Waals surface area contributed by atoms with Crippen molar-refractivity contribution >= 4 is 11.7 Å². The van der Waals surface area contributed by atoms with E-state index in [0.29, 0.717) is 6.54 Å². The number of Topliss-reactive ketones (excluding diaryl/α,β-unsaturated/α-hetero) is 1. The van der Waals surface area contributed by atoms with E-state index in [0.717, 1.165) is 21.9 Å². The van der Waals surface area contributed by atoms with Gasteiger partial charge < -0.3 is 14.8 Å². The number of carbonyl (C=O) groups is 2. The summed E-state index contributed by atoms with van der Waals surface area (Å²) in [6, 6.07) is 12.4. The van der Waals surface area contributed by atoms with Gasteiger partial charge in [0.1, 0.15) is 6.54 Å². The molecule has 0 bridgehead atoms. The highest BCUT2D eigenvalue weighted by atomic mass is 16.2. The van der Waals surface area contributed by atoms with Crippen molar-refractivity contribution < 1.29 is 14.5 Å². The summed E-state index contributed by atoms with van der Waals surface area (Å²) in [7, 11) is 1.88. The van der Waals surface area contributed by atoms with Crippen molar-refractivity contribution in [3.63, 3.8) is 0 Å². The van der Waals surface area contributed by atoms with Gasteiger partial charge in [-0.1, -0.05) is 30.3 Å². The number of aryl methyl sites for hydroxylation is 1. The maximum atomic E-state index is 12.9. The quantitative estimate of drug-likeness (QED) is 0.720. The highest BCUT2D eigenvalue weighted by Gasteiger charge is 2.23. The van der Waals surface area contributed by atoms with Crippen LogP contribution in [-0.2, 0) is 4.79 Å². The van der Waals surface area contributed by atoms with E-state index in [1.54, 1.807) is 0 Å². The molecule has 0 aliphatic carbocycles. The number of quaternary nitrogens is 1. The zero-order valence-corrected chi connectivity index (χ0v) is 18.2. The molecule has 5 heteroatoms. The van der Waals surface area contributed by atoms with E-state index in [-0.39, 0.29) is 29.8 Å². The molecule has 0 fully saturated rings. The second-order valence-corrected chi connectivity index (χ2v) is 8.77. The molecule has 0 aliphatic rings. The lowest BCUT2D eigenvalue weighted by molar-refractivity contribution is -0.862. The smallest absolute Gasteiger partial charge is 0.275 e. The molecule has 2 N–H and O–H groups in total. The number of aromatic nitrogens is 1. The predicted octanol–water partition coefficient (Wildman–Crippen LogP) is 2.33. The third-order valence-electron chi connectivity index (χ3n) is 4.89. The molecular weight excluding hydrogens is 350 g/mol. The molecule has 0 spiro atoms. The maximum absolute atomic E-state index is 12.9. The van der Waals surface area contributed by atoms with Gasteiger partial charge in [-0.2, -0.15) is 0 Å². The molecule has 152 valence electrons. The number of hydrogen-bond acceptors (Lipinski definition) is 2. The number of ketones is 1. The molecule has 5 nitrogen and oxygen atoms in total. The van der Waals surface area contributed by atoms with Crippen LogP contribution in [0.2, 0.25) is 0 Å². The predicted molar refractivity (Wildman–Crippen MR) is 113 cm³/mol. The van der Waals surface area contributed by atoms with Crippen LogP contribution in [0.25, 0.3) is 0 Å². The Bertz CT molecular complexity index is 832. The largest absolute Gasteiger partial charge is 0.347 e. The molecule has 1 aromatic carbocycles. The van der Waals surface area contributed by atoms with Crippen LogP contribution in [0, 0.1) is 13.8 Å². The number of likely N-dealkylation sites (N-methyl/N-ethyl adjacent to an activating group) is 1. The van der Waals surface area contributed by atoms with Crippen LogP contribution >= 0.6 is 0 Å². The molecule has 2 aromatic rings. The summed E-state index contributed by atoms with van der Waals surface area (Å²) in [5, 5.41) is 2.95. The molecule has 2 rings (SSSR count). The number of benzene rings is 1. The Kier molecular flexibility index (Phi) is 6.83. The number of hydrogen-bond donors (Lipinski definition) is 2. The second kappa shape index (κ2) is 8.74. The summed E-state index contributed by atoms with van der Waals surface area (Å²) in [6.45, 7) is 12.6. The van der Waals surface area contributed by atoms with E-state index >= 15 is 0 Å². The van der Waals surface area contributed by atoms with Crippen molar-refractivity contribution in [2.45, 2.75) is 53.1 Å². The molecular formula is C23H34N3O2+. The average molecular weight is 385 g/mol. The summed E-state index contributed by atoms with van der Waals surface area (Å²) in [5.41, 5.74) is 3.74. The van der Waals surface area contributed by atoms with Gasteiger partial charge in [-0.05, 0) is 53.2 Å². The Morgan fingerprint density at radius 2 is 1.71 bits per heavy atom. The van der Waals surface area contributed by atoms with Crippen molar-refractivity contribution in [2.24, 2.45) is 0 Å². The van der Waals surface area contributed by atoms with Crippen LogP contribution < -0.4 is 10.2 Å². The van der Waals surface area contributed by atoms with Gasteiger partial charge in [-0.15, -0.1) is 0 Å². The van der Waals surface area contributed by atoms with Gasteiger partial charge in [0, 0.05) is 22.5 Å². The molecule has 0 aliphatic heterocycles. The van der Waals surface area contributed by atoms with Gasteiger partial charge in [0.2, 0.25) is 5.78 Å². The number of nitrogens with one attached hydrogen (secondary N) is 2. The van der Waals surface area contributed by atoms with E-state index in [1.807, 2.05) is 65.9 Å². The summed E-state index contributed by atoms with van der Waals surface area (Å²) in [5.74, 6) is 0.0293. The van der Waals surface area contributed by atoms with Gasteiger partial charge >= 0.3 is 0 Å². The fraction of sp³-hybridized carbons (Fsp3) is 0.478. The van der Waals surface area contributed by atoms with E-state index in [1.165, 1.54) is 5.56 Å². The van der Waals surface area contributed by atoms with Crippen molar-refractivity contribution in [2.75, 3.05) is 20.1 Å². The van der Waals surface area contributed by atoms with Gasteiger partial charge in [0.05, 0.1) is 13.1 Å². The summed E-state index contributed by atoms with van der Waals surface area (Å²) in [6.07, 6.45) is 0. The van der Waals surface area contributed by atoms with Crippen LogP contribution in [0.15, 0.2) is 36.4 Å². The van der Waals surface area contributed by atoms with Crippen LogP contribution in [0.4, 0.5) is 0 Å². The monoisotopic (exact) mass is 384 g/mol. The van der Waals surface area contributed by atoms with E-state index in [9.17, 15) is 9.59 Å². The van der Waals surface area contributed by atoms with Gasteiger partial charge in [-0.3, -0.25) is 9.59 Å². The zero-order chi connectivity index (χ0) is 21.1. The Morgan fingerprint density at radius 1 is 1.11 bits per heavy atom. The third kappa shape index (κ3) is 5.55. The first kappa shape index (κ1) is 21.9. The fourth-order valence-corrected chi connectivity index (χ4v) is 3.70. The Labute approximate surface area is 168 Å². The van der Waals surface area contributed by atoms with Gasteiger partial charge in [0.15, 0.2) is 6.54 Å². The lowest BCUT2D eigenvalue weighted by atomic mass is 10.1. The molecule has 0 saturated carbocycles. The minimum Gasteiger partial charge on any atom is -0.347 e. The van der Waals surface area contributed by atoms with Crippen molar-refractivity contribution in [3.05, 3.63) is 58.9 Å². The Morgan fingerprint density at radius 3 is 2.29 bits per heavy atom. The van der Waals surface area contributed by atoms with Crippen LogP contribution in [0.1, 0.15) is 61.0 Å². The summed E-state index contributed by atoms with van der Waals surface area (Å²) in [4.78, 5) is 25.9. The molecule has 1 unspecified atom stereocenters.